The van der Waals surface area contributed by atoms with E-state index in [1.165, 1.54) is 28.7 Å². The molecule has 0 aliphatic heterocycles. The Hall–Kier alpha value is -2.71. The maximum absolute atomic E-state index is 12.8. The van der Waals surface area contributed by atoms with E-state index in [0.29, 0.717) is 21.5 Å². The van der Waals surface area contributed by atoms with Crippen LogP contribution in [-0.4, -0.2) is 21.0 Å². The molecule has 3 heterocycles. The van der Waals surface area contributed by atoms with Crippen LogP contribution in [0.1, 0.15) is 32.9 Å². The van der Waals surface area contributed by atoms with Crippen molar-refractivity contribution in [2.75, 3.05) is 5.32 Å². The van der Waals surface area contributed by atoms with Gasteiger partial charge in [-0.3, -0.25) is 10.1 Å². The van der Waals surface area contributed by atoms with Crippen LogP contribution in [0.15, 0.2) is 46.1 Å². The lowest BCUT2D eigenvalue weighted by molar-refractivity contribution is 0.102. The minimum atomic E-state index is -0.217. The van der Waals surface area contributed by atoms with Crippen LogP contribution in [0.25, 0.3) is 10.2 Å². The van der Waals surface area contributed by atoms with Crippen LogP contribution < -0.4 is 5.32 Å². The number of aromatic nitrogens is 3. The van der Waals surface area contributed by atoms with E-state index in [-0.39, 0.29) is 5.91 Å². The highest BCUT2D eigenvalue weighted by Gasteiger charge is 2.17. The van der Waals surface area contributed by atoms with E-state index in [1.807, 2.05) is 32.9 Å². The molecule has 28 heavy (non-hydrogen) atoms. The second kappa shape index (κ2) is 7.73. The smallest absolute Gasteiger partial charge is 0.260 e. The number of benzene rings is 1. The van der Waals surface area contributed by atoms with E-state index in [9.17, 15) is 4.79 Å². The molecule has 1 N–H and O–H groups in total. The van der Waals surface area contributed by atoms with Crippen molar-refractivity contribution in [2.24, 2.45) is 0 Å². The monoisotopic (exact) mass is 410 g/mol. The second-order valence-corrected chi connectivity index (χ2v) is 8.39. The van der Waals surface area contributed by atoms with E-state index in [4.69, 9.17) is 4.52 Å². The zero-order valence-corrected chi connectivity index (χ0v) is 17.3. The Labute approximate surface area is 170 Å². The van der Waals surface area contributed by atoms with Gasteiger partial charge in [0.25, 0.3) is 5.91 Å². The number of pyridine rings is 1. The molecule has 0 aliphatic carbocycles. The lowest BCUT2D eigenvalue weighted by Gasteiger charge is -2.07. The Morgan fingerprint density at radius 1 is 1.25 bits per heavy atom. The number of hydrogen-bond donors (Lipinski definition) is 1. The number of rotatable bonds is 5. The number of anilines is 1. The number of amides is 1. The summed E-state index contributed by atoms with van der Waals surface area (Å²) in [6, 6.07) is 9.58. The third-order valence-electron chi connectivity index (χ3n) is 4.31. The first-order valence-electron chi connectivity index (χ1n) is 8.69. The highest BCUT2D eigenvalue weighted by atomic mass is 32.2. The van der Waals surface area contributed by atoms with Crippen LogP contribution in [0.5, 0.6) is 0 Å². The number of carbonyl (C=O) groups is 1. The van der Waals surface area contributed by atoms with Crippen molar-refractivity contribution in [1.82, 2.24) is 15.1 Å². The summed E-state index contributed by atoms with van der Waals surface area (Å²) in [5, 5.41) is 8.13. The molecule has 0 bridgehead atoms. The molecule has 8 heteroatoms. The van der Waals surface area contributed by atoms with Crippen molar-refractivity contribution >= 4 is 44.4 Å². The molecule has 0 saturated heterocycles. The summed E-state index contributed by atoms with van der Waals surface area (Å²) in [4.78, 5) is 21.7. The Morgan fingerprint density at radius 2 is 2.11 bits per heavy atom. The number of hydrogen-bond acceptors (Lipinski definition) is 7. The summed E-state index contributed by atoms with van der Waals surface area (Å²) in [6.45, 7) is 5.83. The van der Waals surface area contributed by atoms with Crippen LogP contribution in [0.4, 0.5) is 5.13 Å². The van der Waals surface area contributed by atoms with Crippen molar-refractivity contribution in [1.29, 1.82) is 0 Å². The molecule has 3 aromatic heterocycles. The van der Waals surface area contributed by atoms with Crippen LogP contribution in [0, 0.1) is 20.8 Å². The van der Waals surface area contributed by atoms with Gasteiger partial charge in [0.1, 0.15) is 10.8 Å². The molecular weight excluding hydrogens is 392 g/mol. The fraction of sp³-hybridized carbons (Fsp3) is 0.200. The molecule has 0 saturated carbocycles. The summed E-state index contributed by atoms with van der Waals surface area (Å²) in [6.07, 6.45) is 1.69. The Balaban J connectivity index is 1.54. The van der Waals surface area contributed by atoms with Crippen LogP contribution in [0.3, 0.4) is 0 Å². The van der Waals surface area contributed by atoms with E-state index in [2.05, 4.69) is 26.5 Å². The molecule has 0 unspecified atom stereocenters. The number of carbonyl (C=O) groups excluding carboxylic acids is 1. The highest BCUT2D eigenvalue weighted by Crippen LogP contribution is 2.30. The number of nitrogens with one attached hydrogen (secondary N) is 1. The van der Waals surface area contributed by atoms with Gasteiger partial charge in [-0.15, -0.1) is 11.8 Å². The van der Waals surface area contributed by atoms with Gasteiger partial charge in [-0.05, 0) is 50.6 Å². The standard InChI is InChI=1S/C20H18N4O2S2/c1-11-6-7-16-17(9-11)28-20(22-16)23-18(25)14-5-4-8-21-19(14)27-10-15-12(2)24-26-13(15)3/h4-9H,10H2,1-3H3,(H,22,23,25). The van der Waals surface area contributed by atoms with Gasteiger partial charge in [0.2, 0.25) is 0 Å². The van der Waals surface area contributed by atoms with Crippen LogP contribution >= 0.6 is 23.1 Å². The minimum absolute atomic E-state index is 0.217. The summed E-state index contributed by atoms with van der Waals surface area (Å²) < 4.78 is 6.26. The molecule has 0 aliphatic rings. The number of thiazole rings is 1. The van der Waals surface area contributed by atoms with Crippen molar-refractivity contribution in [3.8, 4) is 0 Å². The molecule has 142 valence electrons. The average Bonchev–Trinajstić information content (AvgIpc) is 3.22. The SMILES string of the molecule is Cc1ccc2nc(NC(=O)c3cccnc3SCc3c(C)noc3C)sc2c1. The molecule has 0 fully saturated rings. The van der Waals surface area contributed by atoms with E-state index >= 15 is 0 Å². The molecule has 1 aromatic carbocycles. The molecule has 6 nitrogen and oxygen atoms in total. The van der Waals surface area contributed by atoms with Gasteiger partial charge in [-0.1, -0.05) is 22.6 Å². The summed E-state index contributed by atoms with van der Waals surface area (Å²) >= 11 is 2.95. The lowest BCUT2D eigenvalue weighted by Crippen LogP contribution is -2.13. The summed E-state index contributed by atoms with van der Waals surface area (Å²) in [7, 11) is 0. The van der Waals surface area contributed by atoms with Crippen molar-refractivity contribution in [3.05, 3.63) is 64.7 Å². The zero-order valence-electron chi connectivity index (χ0n) is 15.6. The number of aryl methyl sites for hydroxylation is 3. The first kappa shape index (κ1) is 18.6. The average molecular weight is 411 g/mol. The van der Waals surface area contributed by atoms with Gasteiger partial charge < -0.3 is 4.52 Å². The van der Waals surface area contributed by atoms with Gasteiger partial charge in [-0.2, -0.15) is 0 Å². The van der Waals surface area contributed by atoms with E-state index in [0.717, 1.165) is 27.2 Å². The maximum atomic E-state index is 12.8. The molecule has 1 amide bonds. The fourth-order valence-electron chi connectivity index (χ4n) is 2.78. The minimum Gasteiger partial charge on any atom is -0.361 e. The van der Waals surface area contributed by atoms with E-state index in [1.54, 1.807) is 18.3 Å². The topological polar surface area (TPSA) is 80.9 Å². The fourth-order valence-corrected chi connectivity index (χ4v) is 4.88. The molecule has 4 rings (SSSR count). The number of nitrogens with zero attached hydrogens (tertiary/aromatic N) is 3. The highest BCUT2D eigenvalue weighted by molar-refractivity contribution is 7.98. The number of fused-ring (bicyclic) bond motifs is 1. The molecule has 4 aromatic rings. The Morgan fingerprint density at radius 3 is 2.89 bits per heavy atom. The van der Waals surface area contributed by atoms with Crippen molar-refractivity contribution in [3.63, 3.8) is 0 Å². The van der Waals surface area contributed by atoms with Crippen LogP contribution in [0.2, 0.25) is 0 Å². The summed E-state index contributed by atoms with van der Waals surface area (Å²) in [5.41, 5.74) is 4.46. The van der Waals surface area contributed by atoms with Gasteiger partial charge in [0, 0.05) is 17.5 Å². The second-order valence-electron chi connectivity index (χ2n) is 6.39. The molecule has 0 spiro atoms. The van der Waals surface area contributed by atoms with Gasteiger partial charge in [-0.25, -0.2) is 9.97 Å². The zero-order chi connectivity index (χ0) is 19.7. The molecular formula is C20H18N4O2S2. The Kier molecular flexibility index (Phi) is 5.15. The quantitative estimate of drug-likeness (QED) is 0.458. The largest absolute Gasteiger partial charge is 0.361 e. The summed E-state index contributed by atoms with van der Waals surface area (Å²) in [5.74, 6) is 1.21. The molecule has 0 radical (unpaired) electrons. The molecule has 0 atom stereocenters. The third-order valence-corrected chi connectivity index (χ3v) is 6.28. The normalized spacial score (nSPS) is 11.1. The maximum Gasteiger partial charge on any atom is 0.260 e. The van der Waals surface area contributed by atoms with Gasteiger partial charge >= 0.3 is 0 Å². The lowest BCUT2D eigenvalue weighted by atomic mass is 10.2. The van der Waals surface area contributed by atoms with Crippen molar-refractivity contribution < 1.29 is 9.32 Å². The van der Waals surface area contributed by atoms with Gasteiger partial charge in [0.05, 0.1) is 21.5 Å². The first-order chi connectivity index (χ1) is 13.5. The predicted octanol–water partition coefficient (Wildman–Crippen LogP) is 5.15. The van der Waals surface area contributed by atoms with Crippen molar-refractivity contribution in [2.45, 2.75) is 31.6 Å². The first-order valence-corrected chi connectivity index (χ1v) is 10.5. The predicted molar refractivity (Wildman–Crippen MR) is 112 cm³/mol. The third kappa shape index (κ3) is 3.79. The van der Waals surface area contributed by atoms with E-state index < -0.39 is 0 Å². The van der Waals surface area contributed by atoms with Crippen LogP contribution in [-0.2, 0) is 5.75 Å². The Bertz CT molecular complexity index is 1150. The van der Waals surface area contributed by atoms with Gasteiger partial charge in [0.15, 0.2) is 5.13 Å². The number of thioether (sulfide) groups is 1.